The maximum absolute atomic E-state index is 4.48. The van der Waals surface area contributed by atoms with Crippen LogP contribution in [0.15, 0.2) is 0 Å². The minimum atomic E-state index is 0.627. The van der Waals surface area contributed by atoms with Crippen molar-refractivity contribution in [2.75, 3.05) is 25.4 Å². The van der Waals surface area contributed by atoms with Crippen LogP contribution in [0.25, 0.3) is 0 Å². The second-order valence-corrected chi connectivity index (χ2v) is 5.52. The zero-order valence-electron chi connectivity index (χ0n) is 9.17. The number of nitrogens with zero attached hydrogens (tertiary/aromatic N) is 1. The van der Waals surface area contributed by atoms with Crippen LogP contribution in [0.1, 0.15) is 44.9 Å². The Morgan fingerprint density at radius 3 is 2.00 bits per heavy atom. The van der Waals surface area contributed by atoms with Crippen LogP contribution in [0.2, 0.25) is 0 Å². The lowest BCUT2D eigenvalue weighted by molar-refractivity contribution is 0.211. The SMILES string of the molecule is SCC1(CN2CCCCCCC2)CC1. The lowest BCUT2D eigenvalue weighted by Crippen LogP contribution is -2.33. The highest BCUT2D eigenvalue weighted by molar-refractivity contribution is 7.80. The van der Waals surface area contributed by atoms with Gasteiger partial charge in [0.25, 0.3) is 0 Å². The van der Waals surface area contributed by atoms with Crippen molar-refractivity contribution < 1.29 is 0 Å². The van der Waals surface area contributed by atoms with E-state index in [-0.39, 0.29) is 0 Å². The van der Waals surface area contributed by atoms with E-state index in [1.807, 2.05) is 0 Å². The standard InChI is InChI=1S/C12H23NS/c14-11-12(6-7-12)10-13-8-4-2-1-3-5-9-13/h14H,1-11H2. The first-order chi connectivity index (χ1) is 6.85. The number of likely N-dealkylation sites (tertiary alicyclic amines) is 1. The average molecular weight is 213 g/mol. The number of hydrogen-bond acceptors (Lipinski definition) is 2. The molecule has 0 aromatic carbocycles. The van der Waals surface area contributed by atoms with E-state index in [0.29, 0.717) is 5.41 Å². The fourth-order valence-electron chi connectivity index (χ4n) is 2.49. The molecule has 82 valence electrons. The van der Waals surface area contributed by atoms with Crippen LogP contribution in [0.3, 0.4) is 0 Å². The Morgan fingerprint density at radius 2 is 1.50 bits per heavy atom. The van der Waals surface area contributed by atoms with Crippen LogP contribution in [-0.4, -0.2) is 30.3 Å². The first kappa shape index (κ1) is 10.8. The molecule has 1 heterocycles. The summed E-state index contributed by atoms with van der Waals surface area (Å²) in [5.74, 6) is 1.10. The minimum Gasteiger partial charge on any atom is -0.303 e. The Hall–Kier alpha value is 0.310. The van der Waals surface area contributed by atoms with Crippen molar-refractivity contribution >= 4 is 12.6 Å². The zero-order valence-corrected chi connectivity index (χ0v) is 10.1. The Bertz CT molecular complexity index is 169. The molecule has 2 rings (SSSR count). The topological polar surface area (TPSA) is 3.24 Å². The van der Waals surface area contributed by atoms with Gasteiger partial charge in [0.2, 0.25) is 0 Å². The first-order valence-electron chi connectivity index (χ1n) is 6.18. The van der Waals surface area contributed by atoms with Gasteiger partial charge in [0.15, 0.2) is 0 Å². The van der Waals surface area contributed by atoms with E-state index >= 15 is 0 Å². The fraction of sp³-hybridized carbons (Fsp3) is 1.00. The lowest BCUT2D eigenvalue weighted by Gasteiger charge is -2.28. The summed E-state index contributed by atoms with van der Waals surface area (Å²) in [5, 5.41) is 0. The molecule has 0 aromatic rings. The zero-order chi connectivity index (χ0) is 9.86. The van der Waals surface area contributed by atoms with Crippen molar-refractivity contribution in [2.24, 2.45) is 5.41 Å². The minimum absolute atomic E-state index is 0.627. The van der Waals surface area contributed by atoms with E-state index in [4.69, 9.17) is 0 Å². The van der Waals surface area contributed by atoms with Gasteiger partial charge in [-0.25, -0.2) is 0 Å². The normalized spacial score (nSPS) is 28.1. The largest absolute Gasteiger partial charge is 0.303 e. The smallest absolute Gasteiger partial charge is 0.00458 e. The maximum Gasteiger partial charge on any atom is 0.00458 e. The number of hydrogen-bond donors (Lipinski definition) is 1. The van der Waals surface area contributed by atoms with E-state index < -0.39 is 0 Å². The lowest BCUT2D eigenvalue weighted by atomic mass is 10.1. The van der Waals surface area contributed by atoms with Crippen molar-refractivity contribution in [3.8, 4) is 0 Å². The molecule has 0 radical (unpaired) electrons. The van der Waals surface area contributed by atoms with Crippen LogP contribution in [0.4, 0.5) is 0 Å². The van der Waals surface area contributed by atoms with E-state index in [1.165, 1.54) is 64.6 Å². The summed E-state index contributed by atoms with van der Waals surface area (Å²) in [6.45, 7) is 4.02. The van der Waals surface area contributed by atoms with Gasteiger partial charge in [0, 0.05) is 6.54 Å². The van der Waals surface area contributed by atoms with Crippen LogP contribution < -0.4 is 0 Å². The fourth-order valence-corrected chi connectivity index (χ4v) is 2.90. The molecule has 2 fully saturated rings. The molecule has 1 aliphatic heterocycles. The Morgan fingerprint density at radius 1 is 0.929 bits per heavy atom. The van der Waals surface area contributed by atoms with Gasteiger partial charge in [-0.3, -0.25) is 0 Å². The Labute approximate surface area is 93.7 Å². The third-order valence-electron chi connectivity index (χ3n) is 3.80. The van der Waals surface area contributed by atoms with Crippen LogP contribution >= 0.6 is 12.6 Å². The summed E-state index contributed by atoms with van der Waals surface area (Å²) < 4.78 is 0. The molecule has 14 heavy (non-hydrogen) atoms. The van der Waals surface area contributed by atoms with Crippen molar-refractivity contribution in [1.29, 1.82) is 0 Å². The van der Waals surface area contributed by atoms with E-state index in [2.05, 4.69) is 17.5 Å². The second kappa shape index (κ2) is 4.89. The van der Waals surface area contributed by atoms with Gasteiger partial charge in [0.1, 0.15) is 0 Å². The summed E-state index contributed by atoms with van der Waals surface area (Å²) in [6, 6.07) is 0. The second-order valence-electron chi connectivity index (χ2n) is 5.20. The molecular weight excluding hydrogens is 190 g/mol. The molecule has 0 atom stereocenters. The van der Waals surface area contributed by atoms with E-state index in [1.54, 1.807) is 0 Å². The molecule has 1 nitrogen and oxygen atoms in total. The molecule has 0 unspecified atom stereocenters. The number of rotatable bonds is 3. The van der Waals surface area contributed by atoms with Crippen LogP contribution in [0, 0.1) is 5.41 Å². The highest BCUT2D eigenvalue weighted by atomic mass is 32.1. The van der Waals surface area contributed by atoms with Crippen LogP contribution in [-0.2, 0) is 0 Å². The summed E-state index contributed by atoms with van der Waals surface area (Å²) in [5.41, 5.74) is 0.627. The van der Waals surface area contributed by atoms with Gasteiger partial charge in [0.05, 0.1) is 0 Å². The molecule has 0 aromatic heterocycles. The van der Waals surface area contributed by atoms with Gasteiger partial charge < -0.3 is 4.90 Å². The van der Waals surface area contributed by atoms with Crippen molar-refractivity contribution in [3.63, 3.8) is 0 Å². The predicted molar refractivity (Wildman–Crippen MR) is 65.0 cm³/mol. The predicted octanol–water partition coefficient (Wildman–Crippen LogP) is 2.96. The third-order valence-corrected chi connectivity index (χ3v) is 4.47. The molecule has 1 aliphatic carbocycles. The molecule has 0 bridgehead atoms. The Balaban J connectivity index is 1.77. The van der Waals surface area contributed by atoms with E-state index in [0.717, 1.165) is 5.75 Å². The Kier molecular flexibility index (Phi) is 3.78. The monoisotopic (exact) mass is 213 g/mol. The van der Waals surface area contributed by atoms with Gasteiger partial charge in [-0.15, -0.1) is 0 Å². The summed E-state index contributed by atoms with van der Waals surface area (Å²) >= 11 is 4.48. The molecule has 0 amide bonds. The molecule has 0 N–H and O–H groups in total. The van der Waals surface area contributed by atoms with E-state index in [9.17, 15) is 0 Å². The highest BCUT2D eigenvalue weighted by Crippen LogP contribution is 2.47. The van der Waals surface area contributed by atoms with Gasteiger partial charge in [-0.1, -0.05) is 19.3 Å². The quantitative estimate of drug-likeness (QED) is 0.705. The van der Waals surface area contributed by atoms with Crippen molar-refractivity contribution in [2.45, 2.75) is 44.9 Å². The van der Waals surface area contributed by atoms with Gasteiger partial charge >= 0.3 is 0 Å². The first-order valence-corrected chi connectivity index (χ1v) is 6.81. The average Bonchev–Trinajstić information content (AvgIpc) is 2.91. The molecule has 1 saturated heterocycles. The van der Waals surface area contributed by atoms with Crippen molar-refractivity contribution in [1.82, 2.24) is 4.90 Å². The molecule has 2 heteroatoms. The molecule has 1 saturated carbocycles. The number of thiol groups is 1. The summed E-state index contributed by atoms with van der Waals surface area (Å²) in [6.07, 6.45) is 10.0. The van der Waals surface area contributed by atoms with Crippen LogP contribution in [0.5, 0.6) is 0 Å². The maximum atomic E-state index is 4.48. The molecular formula is C12H23NS. The molecule has 2 aliphatic rings. The van der Waals surface area contributed by atoms with Crippen molar-refractivity contribution in [3.05, 3.63) is 0 Å². The van der Waals surface area contributed by atoms with Gasteiger partial charge in [-0.2, -0.15) is 12.6 Å². The van der Waals surface area contributed by atoms with Gasteiger partial charge in [-0.05, 0) is 49.9 Å². The molecule has 0 spiro atoms. The summed E-state index contributed by atoms with van der Waals surface area (Å²) in [7, 11) is 0. The summed E-state index contributed by atoms with van der Waals surface area (Å²) in [4.78, 5) is 2.70. The third kappa shape index (κ3) is 2.90. The highest BCUT2D eigenvalue weighted by Gasteiger charge is 2.42.